The molecule has 0 spiro atoms. The summed E-state index contributed by atoms with van der Waals surface area (Å²) in [5.74, 6) is -1.97. The van der Waals surface area contributed by atoms with Gasteiger partial charge in [-0.15, -0.1) is 0 Å². The molecule has 3 nitrogen and oxygen atoms in total. The summed E-state index contributed by atoms with van der Waals surface area (Å²) in [5.41, 5.74) is 5.06. The summed E-state index contributed by atoms with van der Waals surface area (Å²) in [7, 11) is 1.70. The van der Waals surface area contributed by atoms with Gasteiger partial charge in [-0.25, -0.2) is 0 Å². The Morgan fingerprint density at radius 1 is 1.33 bits per heavy atom. The van der Waals surface area contributed by atoms with E-state index in [9.17, 15) is 13.2 Å². The van der Waals surface area contributed by atoms with Crippen LogP contribution in [0.1, 0.15) is 32.6 Å². The van der Waals surface area contributed by atoms with Crippen molar-refractivity contribution in [2.24, 2.45) is 17.6 Å². The zero-order valence-electron chi connectivity index (χ0n) is 10.9. The lowest BCUT2D eigenvalue weighted by Gasteiger charge is -2.35. The zero-order chi connectivity index (χ0) is 13.9. The molecule has 0 radical (unpaired) electrons. The lowest BCUT2D eigenvalue weighted by atomic mass is 9.86. The highest BCUT2D eigenvalue weighted by atomic mass is 19.4. The van der Waals surface area contributed by atoms with E-state index in [0.717, 1.165) is 25.7 Å². The van der Waals surface area contributed by atoms with Gasteiger partial charge in [0.15, 0.2) is 0 Å². The van der Waals surface area contributed by atoms with Crippen molar-refractivity contribution < 1.29 is 13.2 Å². The molecule has 1 unspecified atom stereocenters. The van der Waals surface area contributed by atoms with Gasteiger partial charge in [0.2, 0.25) is 0 Å². The summed E-state index contributed by atoms with van der Waals surface area (Å²) in [4.78, 5) is 1.71. The Kier molecular flexibility index (Phi) is 5.01. The molecule has 0 aliphatic heterocycles. The molecule has 3 N–H and O–H groups in total. The summed E-state index contributed by atoms with van der Waals surface area (Å²) < 4.78 is 38.1. The maximum absolute atomic E-state index is 12.7. The normalized spacial score (nSPS) is 27.2. The number of rotatable bonds is 4. The number of alkyl halides is 3. The minimum atomic E-state index is -4.43. The van der Waals surface area contributed by atoms with Gasteiger partial charge < -0.3 is 10.6 Å². The third-order valence-corrected chi connectivity index (χ3v) is 3.85. The first-order valence-corrected chi connectivity index (χ1v) is 6.32. The topological polar surface area (TPSA) is 53.1 Å². The summed E-state index contributed by atoms with van der Waals surface area (Å²) >= 11 is 0. The monoisotopic (exact) mass is 265 g/mol. The van der Waals surface area contributed by atoms with Gasteiger partial charge in [-0.2, -0.15) is 13.2 Å². The molecule has 1 atom stereocenters. The number of hydrogen-bond acceptors (Lipinski definition) is 2. The Morgan fingerprint density at radius 3 is 2.22 bits per heavy atom. The molecule has 1 saturated carbocycles. The van der Waals surface area contributed by atoms with Crippen LogP contribution in [0.15, 0.2) is 0 Å². The average molecular weight is 265 g/mol. The van der Waals surface area contributed by atoms with Gasteiger partial charge in [0, 0.05) is 12.6 Å². The van der Waals surface area contributed by atoms with E-state index >= 15 is 0 Å². The van der Waals surface area contributed by atoms with Gasteiger partial charge in [-0.05, 0) is 38.6 Å². The van der Waals surface area contributed by atoms with Crippen molar-refractivity contribution in [2.75, 3.05) is 13.6 Å². The Hall–Kier alpha value is -0.780. The molecule has 1 aliphatic rings. The van der Waals surface area contributed by atoms with Crippen LogP contribution in [0.5, 0.6) is 0 Å². The summed E-state index contributed by atoms with van der Waals surface area (Å²) in [6.45, 7) is 1.96. The molecule has 1 fully saturated rings. The first kappa shape index (κ1) is 15.3. The van der Waals surface area contributed by atoms with Gasteiger partial charge in [-0.1, -0.05) is 6.92 Å². The van der Waals surface area contributed by atoms with Crippen molar-refractivity contribution in [1.82, 2.24) is 4.90 Å². The van der Waals surface area contributed by atoms with Crippen LogP contribution in [-0.4, -0.2) is 36.5 Å². The predicted octanol–water partition coefficient (Wildman–Crippen LogP) is 2.61. The average Bonchev–Trinajstić information content (AvgIpc) is 2.24. The minimum Gasteiger partial charge on any atom is -0.387 e. The molecular weight excluding hydrogens is 243 g/mol. The summed E-state index contributed by atoms with van der Waals surface area (Å²) in [6.07, 6.45) is -0.445. The van der Waals surface area contributed by atoms with Crippen molar-refractivity contribution in [3.8, 4) is 0 Å². The van der Waals surface area contributed by atoms with Crippen LogP contribution in [0.3, 0.4) is 0 Å². The van der Waals surface area contributed by atoms with E-state index < -0.39 is 17.9 Å². The van der Waals surface area contributed by atoms with E-state index in [0.29, 0.717) is 5.92 Å². The summed E-state index contributed by atoms with van der Waals surface area (Å²) in [5, 5.41) is 7.08. The highest BCUT2D eigenvalue weighted by Crippen LogP contribution is 2.30. The number of nitrogens with zero attached hydrogens (tertiary/aromatic N) is 1. The molecule has 0 heterocycles. The lowest BCUT2D eigenvalue weighted by molar-refractivity contribution is -0.160. The smallest absolute Gasteiger partial charge is 0.387 e. The minimum absolute atomic E-state index is 0.186. The molecule has 6 heteroatoms. The fourth-order valence-electron chi connectivity index (χ4n) is 2.50. The van der Waals surface area contributed by atoms with Crippen LogP contribution in [0.2, 0.25) is 0 Å². The molecule has 0 aromatic carbocycles. The first-order chi connectivity index (χ1) is 8.21. The molecule has 1 aliphatic carbocycles. The Bertz CT molecular complexity index is 283. The van der Waals surface area contributed by atoms with Crippen LogP contribution in [-0.2, 0) is 0 Å². The zero-order valence-corrected chi connectivity index (χ0v) is 10.9. The molecule has 1 rings (SSSR count). The molecule has 106 valence electrons. The molecule has 18 heavy (non-hydrogen) atoms. The number of hydrogen-bond donors (Lipinski definition) is 2. The SMILES string of the molecule is CC1CCC(N(C)CC(C(=N)N)C(F)(F)F)CC1. The molecule has 0 bridgehead atoms. The molecule has 0 amide bonds. The molecular formula is C12H22F3N3. The molecule has 0 saturated heterocycles. The Balaban J connectivity index is 2.56. The highest BCUT2D eigenvalue weighted by molar-refractivity contribution is 5.80. The Morgan fingerprint density at radius 2 is 1.83 bits per heavy atom. The van der Waals surface area contributed by atoms with Crippen molar-refractivity contribution in [3.63, 3.8) is 0 Å². The molecule has 0 aromatic rings. The van der Waals surface area contributed by atoms with E-state index in [-0.39, 0.29) is 12.6 Å². The second kappa shape index (κ2) is 5.91. The maximum Gasteiger partial charge on any atom is 0.399 e. The van der Waals surface area contributed by atoms with Crippen LogP contribution in [0, 0.1) is 17.2 Å². The highest BCUT2D eigenvalue weighted by Gasteiger charge is 2.43. The van der Waals surface area contributed by atoms with Gasteiger partial charge in [-0.3, -0.25) is 5.41 Å². The van der Waals surface area contributed by atoms with Crippen LogP contribution in [0.4, 0.5) is 13.2 Å². The largest absolute Gasteiger partial charge is 0.399 e. The van der Waals surface area contributed by atoms with Gasteiger partial charge in [0.05, 0.1) is 0 Å². The van der Waals surface area contributed by atoms with E-state index in [1.807, 2.05) is 0 Å². The second-order valence-electron chi connectivity index (χ2n) is 5.40. The van der Waals surface area contributed by atoms with Crippen molar-refractivity contribution in [1.29, 1.82) is 5.41 Å². The fourth-order valence-corrected chi connectivity index (χ4v) is 2.50. The first-order valence-electron chi connectivity index (χ1n) is 6.32. The third-order valence-electron chi connectivity index (χ3n) is 3.85. The standard InChI is InChI=1S/C12H22F3N3/c1-8-3-5-9(6-4-8)18(2)7-10(11(16)17)12(13,14)15/h8-10H,3-7H2,1-2H3,(H3,16,17). The van der Waals surface area contributed by atoms with Gasteiger partial charge >= 0.3 is 6.18 Å². The summed E-state index contributed by atoms with van der Waals surface area (Å²) in [6, 6.07) is 0.186. The van der Waals surface area contributed by atoms with E-state index in [4.69, 9.17) is 11.1 Å². The van der Waals surface area contributed by atoms with Crippen LogP contribution >= 0.6 is 0 Å². The fraction of sp³-hybridized carbons (Fsp3) is 0.917. The number of nitrogens with two attached hydrogens (primary N) is 1. The maximum atomic E-state index is 12.7. The predicted molar refractivity (Wildman–Crippen MR) is 65.5 cm³/mol. The van der Waals surface area contributed by atoms with Crippen LogP contribution in [0.25, 0.3) is 0 Å². The second-order valence-corrected chi connectivity index (χ2v) is 5.40. The van der Waals surface area contributed by atoms with E-state index in [1.54, 1.807) is 11.9 Å². The quantitative estimate of drug-likeness (QED) is 0.606. The van der Waals surface area contributed by atoms with E-state index in [2.05, 4.69) is 6.92 Å². The van der Waals surface area contributed by atoms with Crippen molar-refractivity contribution >= 4 is 5.84 Å². The third kappa shape index (κ3) is 4.15. The molecule has 0 aromatic heterocycles. The van der Waals surface area contributed by atoms with Crippen molar-refractivity contribution in [2.45, 2.75) is 44.8 Å². The van der Waals surface area contributed by atoms with Crippen molar-refractivity contribution in [3.05, 3.63) is 0 Å². The van der Waals surface area contributed by atoms with Gasteiger partial charge in [0.1, 0.15) is 11.8 Å². The number of nitrogens with one attached hydrogen (secondary N) is 1. The number of amidine groups is 1. The van der Waals surface area contributed by atoms with Crippen LogP contribution < -0.4 is 5.73 Å². The number of halogens is 3. The van der Waals surface area contributed by atoms with E-state index in [1.165, 1.54) is 0 Å². The lowest BCUT2D eigenvalue weighted by Crippen LogP contribution is -2.46. The van der Waals surface area contributed by atoms with Gasteiger partial charge in [0.25, 0.3) is 0 Å². The Labute approximate surface area is 106 Å².